The number of carbonyl (C=O) groups excluding carboxylic acids is 1. The number of amides is 1. The predicted molar refractivity (Wildman–Crippen MR) is 105 cm³/mol. The van der Waals surface area contributed by atoms with E-state index in [1.54, 1.807) is 19.9 Å². The number of halogens is 2. The number of aryl methyl sites for hydroxylation is 1. The third-order valence-corrected chi connectivity index (χ3v) is 5.55. The van der Waals surface area contributed by atoms with Crippen molar-refractivity contribution in [3.05, 3.63) is 52.5 Å². The van der Waals surface area contributed by atoms with E-state index in [0.29, 0.717) is 20.9 Å². The van der Waals surface area contributed by atoms with E-state index in [1.165, 1.54) is 10.7 Å². The maximum absolute atomic E-state index is 14.3. The topological polar surface area (TPSA) is 106 Å². The average Bonchev–Trinajstić information content (AvgIpc) is 3.39. The van der Waals surface area contributed by atoms with E-state index in [2.05, 4.69) is 20.6 Å². The van der Waals surface area contributed by atoms with Crippen molar-refractivity contribution < 1.29 is 23.2 Å². The molecular weight excluding hydrogens is 416 g/mol. The molecule has 11 heteroatoms. The number of aliphatic hydroxyl groups excluding tert-OH is 1. The van der Waals surface area contributed by atoms with Crippen molar-refractivity contribution in [2.24, 2.45) is 0 Å². The Labute approximate surface area is 173 Å². The number of rotatable bonds is 6. The summed E-state index contributed by atoms with van der Waals surface area (Å²) in [5.41, 5.74) is 0.379. The van der Waals surface area contributed by atoms with Gasteiger partial charge in [-0.15, -0.1) is 11.3 Å². The quantitative estimate of drug-likeness (QED) is 0.484. The second-order valence-corrected chi connectivity index (χ2v) is 7.65. The van der Waals surface area contributed by atoms with Gasteiger partial charge in [0.2, 0.25) is 5.89 Å². The Morgan fingerprint density at radius 2 is 2.17 bits per heavy atom. The molecule has 0 aliphatic carbocycles. The summed E-state index contributed by atoms with van der Waals surface area (Å²) in [6, 6.07) is 4.31. The molecule has 0 aliphatic rings. The fraction of sp³-hybridized carbons (Fsp3) is 0.263. The Morgan fingerprint density at radius 3 is 2.83 bits per heavy atom. The number of aromatic nitrogens is 4. The van der Waals surface area contributed by atoms with Crippen LogP contribution in [0.4, 0.5) is 8.78 Å². The Morgan fingerprint density at radius 1 is 1.37 bits per heavy atom. The summed E-state index contributed by atoms with van der Waals surface area (Å²) < 4.78 is 34.2. The van der Waals surface area contributed by atoms with Crippen LogP contribution in [0.1, 0.15) is 34.4 Å². The first-order valence-corrected chi connectivity index (χ1v) is 9.86. The smallest absolute Gasteiger partial charge is 0.262 e. The highest BCUT2D eigenvalue weighted by atomic mass is 32.1. The first-order chi connectivity index (χ1) is 14.4. The van der Waals surface area contributed by atoms with Gasteiger partial charge in [0.05, 0.1) is 18.0 Å². The molecule has 1 aromatic carbocycles. The molecule has 1 amide bonds. The van der Waals surface area contributed by atoms with Gasteiger partial charge in [0.25, 0.3) is 5.91 Å². The molecule has 1 atom stereocenters. The number of carbonyl (C=O) groups is 1. The Kier molecular flexibility index (Phi) is 5.31. The number of thiophene rings is 1. The van der Waals surface area contributed by atoms with Crippen LogP contribution in [-0.2, 0) is 6.54 Å². The summed E-state index contributed by atoms with van der Waals surface area (Å²) in [6.45, 7) is 3.37. The fourth-order valence-corrected chi connectivity index (χ4v) is 4.06. The third kappa shape index (κ3) is 3.68. The number of nitrogens with one attached hydrogen (secondary N) is 1. The predicted octanol–water partition coefficient (Wildman–Crippen LogP) is 3.22. The zero-order valence-corrected chi connectivity index (χ0v) is 16.8. The van der Waals surface area contributed by atoms with Crippen LogP contribution in [0.15, 0.2) is 28.8 Å². The average molecular weight is 433 g/mol. The molecule has 2 N–H and O–H groups in total. The minimum Gasteiger partial charge on any atom is -0.394 e. The molecule has 8 nitrogen and oxygen atoms in total. The van der Waals surface area contributed by atoms with E-state index in [4.69, 9.17) is 4.52 Å². The van der Waals surface area contributed by atoms with Gasteiger partial charge < -0.3 is 14.9 Å². The van der Waals surface area contributed by atoms with Crippen LogP contribution in [-0.4, -0.2) is 37.5 Å². The summed E-state index contributed by atoms with van der Waals surface area (Å²) in [4.78, 5) is 17.8. The molecule has 156 valence electrons. The molecule has 0 unspecified atom stereocenters. The highest BCUT2D eigenvalue weighted by Crippen LogP contribution is 2.35. The molecule has 0 saturated heterocycles. The van der Waals surface area contributed by atoms with Crippen LogP contribution >= 0.6 is 11.3 Å². The van der Waals surface area contributed by atoms with Gasteiger partial charge in [0, 0.05) is 17.0 Å². The lowest BCUT2D eigenvalue weighted by atomic mass is 10.1. The highest BCUT2D eigenvalue weighted by Gasteiger charge is 2.23. The van der Waals surface area contributed by atoms with Gasteiger partial charge in [-0.2, -0.15) is 10.1 Å². The lowest BCUT2D eigenvalue weighted by Crippen LogP contribution is -2.26. The summed E-state index contributed by atoms with van der Waals surface area (Å²) in [7, 11) is 0. The number of benzene rings is 1. The zero-order chi connectivity index (χ0) is 21.4. The van der Waals surface area contributed by atoms with Crippen molar-refractivity contribution in [2.75, 3.05) is 6.61 Å². The number of nitrogens with zero attached hydrogens (tertiary/aromatic N) is 4. The van der Waals surface area contributed by atoms with Gasteiger partial charge in [-0.25, -0.2) is 8.78 Å². The maximum Gasteiger partial charge on any atom is 0.262 e. The van der Waals surface area contributed by atoms with Gasteiger partial charge in [0.15, 0.2) is 5.82 Å². The van der Waals surface area contributed by atoms with Crippen LogP contribution in [0, 0.1) is 18.6 Å². The standard InChI is InChI=1S/C19H17F2N5O3S/c1-9(18-23-10(2)25-29-18)22-17(28)15-8-13-16(12-4-3-11(20)7-14(12)21)24-26(5-6-27)19(13)30-15/h3-4,7-9,27H,5-6H2,1-2H3,(H,22,28)/t9-/m1/s1. The van der Waals surface area contributed by atoms with E-state index in [0.717, 1.165) is 23.5 Å². The molecular formula is C19H17F2N5O3S. The van der Waals surface area contributed by atoms with Crippen LogP contribution in [0.2, 0.25) is 0 Å². The van der Waals surface area contributed by atoms with Crippen molar-refractivity contribution in [1.82, 2.24) is 25.2 Å². The summed E-state index contributed by atoms with van der Waals surface area (Å²) in [6.07, 6.45) is 0. The van der Waals surface area contributed by atoms with Gasteiger partial charge in [-0.1, -0.05) is 5.16 Å². The number of hydrogen-bond donors (Lipinski definition) is 2. The van der Waals surface area contributed by atoms with E-state index in [-0.39, 0.29) is 36.2 Å². The van der Waals surface area contributed by atoms with Crippen LogP contribution < -0.4 is 5.32 Å². The molecule has 3 aromatic heterocycles. The Hall–Kier alpha value is -3.18. The van der Waals surface area contributed by atoms with Crippen molar-refractivity contribution in [3.8, 4) is 11.3 Å². The van der Waals surface area contributed by atoms with E-state index >= 15 is 0 Å². The van der Waals surface area contributed by atoms with Gasteiger partial charge >= 0.3 is 0 Å². The van der Waals surface area contributed by atoms with Gasteiger partial charge in [0.1, 0.15) is 28.2 Å². The number of hydrogen-bond acceptors (Lipinski definition) is 7. The minimum absolute atomic E-state index is 0.109. The van der Waals surface area contributed by atoms with Gasteiger partial charge in [-0.3, -0.25) is 9.48 Å². The van der Waals surface area contributed by atoms with Crippen LogP contribution in [0.5, 0.6) is 0 Å². The number of fused-ring (bicyclic) bond motifs is 1. The van der Waals surface area contributed by atoms with Crippen LogP contribution in [0.3, 0.4) is 0 Å². The monoisotopic (exact) mass is 433 g/mol. The fourth-order valence-electron chi connectivity index (χ4n) is 3.02. The molecule has 0 bridgehead atoms. The normalized spacial score (nSPS) is 12.4. The second-order valence-electron chi connectivity index (χ2n) is 6.62. The van der Waals surface area contributed by atoms with E-state index in [1.807, 2.05) is 0 Å². The summed E-state index contributed by atoms with van der Waals surface area (Å²) in [5, 5.41) is 20.7. The van der Waals surface area contributed by atoms with E-state index in [9.17, 15) is 18.7 Å². The zero-order valence-electron chi connectivity index (χ0n) is 16.0. The molecule has 30 heavy (non-hydrogen) atoms. The molecule has 4 aromatic rings. The Balaban J connectivity index is 1.71. The van der Waals surface area contributed by atoms with Crippen molar-refractivity contribution in [3.63, 3.8) is 0 Å². The first kappa shape index (κ1) is 20.1. The van der Waals surface area contributed by atoms with Crippen LogP contribution in [0.25, 0.3) is 21.5 Å². The SMILES string of the molecule is Cc1noc([C@@H](C)NC(=O)c2cc3c(-c4ccc(F)cc4F)nn(CCO)c3s2)n1. The molecule has 0 aliphatic heterocycles. The first-order valence-electron chi connectivity index (χ1n) is 9.05. The Bertz CT molecular complexity index is 1230. The van der Waals surface area contributed by atoms with Gasteiger partial charge in [-0.05, 0) is 32.0 Å². The number of aliphatic hydroxyl groups is 1. The second kappa shape index (κ2) is 7.92. The maximum atomic E-state index is 14.3. The van der Waals surface area contributed by atoms with Crippen molar-refractivity contribution >= 4 is 27.5 Å². The minimum atomic E-state index is -0.761. The third-order valence-electron chi connectivity index (χ3n) is 4.41. The molecule has 3 heterocycles. The molecule has 0 saturated carbocycles. The summed E-state index contributed by atoms with van der Waals surface area (Å²) >= 11 is 1.15. The lowest BCUT2D eigenvalue weighted by Gasteiger charge is -2.08. The van der Waals surface area contributed by atoms with Crippen molar-refractivity contribution in [2.45, 2.75) is 26.4 Å². The molecule has 4 rings (SSSR count). The van der Waals surface area contributed by atoms with E-state index < -0.39 is 17.7 Å². The molecule has 0 radical (unpaired) electrons. The largest absolute Gasteiger partial charge is 0.394 e. The molecule has 0 spiro atoms. The summed E-state index contributed by atoms with van der Waals surface area (Å²) in [5.74, 6) is -1.09. The van der Waals surface area contributed by atoms with Crippen molar-refractivity contribution in [1.29, 1.82) is 0 Å². The molecule has 0 fully saturated rings. The highest BCUT2D eigenvalue weighted by molar-refractivity contribution is 7.20. The lowest BCUT2D eigenvalue weighted by molar-refractivity contribution is 0.0936.